The van der Waals surface area contributed by atoms with E-state index in [1.54, 1.807) is 7.05 Å². The molecule has 0 aliphatic rings. The third kappa shape index (κ3) is 6.80. The van der Waals surface area contributed by atoms with Gasteiger partial charge >= 0.3 is 0 Å². The predicted molar refractivity (Wildman–Crippen MR) is 68.3 cm³/mol. The summed E-state index contributed by atoms with van der Waals surface area (Å²) in [5, 5.41) is 2.97. The molecule has 0 fully saturated rings. The fourth-order valence-electron chi connectivity index (χ4n) is 1.64. The lowest BCUT2D eigenvalue weighted by molar-refractivity contribution is -0.120. The van der Waals surface area contributed by atoms with Crippen LogP contribution in [-0.4, -0.2) is 43.5 Å². The Hall–Kier alpha value is -0.610. The topological polar surface area (TPSA) is 58.4 Å². The largest absolute Gasteiger partial charge is 0.368 e. The third-order valence-corrected chi connectivity index (χ3v) is 2.79. The van der Waals surface area contributed by atoms with Crippen LogP contribution in [0.4, 0.5) is 0 Å². The Morgan fingerprint density at radius 3 is 2.06 bits per heavy atom. The van der Waals surface area contributed by atoms with Crippen molar-refractivity contribution in [3.63, 3.8) is 0 Å². The highest BCUT2D eigenvalue weighted by atomic mass is 16.1. The average molecular weight is 229 g/mol. The van der Waals surface area contributed by atoms with Gasteiger partial charge in [0.25, 0.3) is 0 Å². The zero-order chi connectivity index (χ0) is 12.4. The summed E-state index contributed by atoms with van der Waals surface area (Å²) in [4.78, 5) is 13.5. The van der Waals surface area contributed by atoms with Gasteiger partial charge in [-0.2, -0.15) is 0 Å². The number of likely N-dealkylation sites (N-methyl/N-ethyl adjacent to an activating group) is 1. The number of hydrogen-bond acceptors (Lipinski definition) is 3. The number of nitrogens with zero attached hydrogens (tertiary/aromatic N) is 1. The molecule has 1 atom stereocenters. The maximum absolute atomic E-state index is 11.1. The summed E-state index contributed by atoms with van der Waals surface area (Å²) in [6.07, 6.45) is 4.73. The molecule has 0 saturated carbocycles. The smallest absolute Gasteiger partial charge is 0.235 e. The van der Waals surface area contributed by atoms with E-state index in [4.69, 9.17) is 5.73 Å². The molecule has 3 N–H and O–H groups in total. The second kappa shape index (κ2) is 9.60. The summed E-state index contributed by atoms with van der Waals surface area (Å²) in [7, 11) is 1.78. The van der Waals surface area contributed by atoms with E-state index in [2.05, 4.69) is 24.1 Å². The first kappa shape index (κ1) is 15.4. The van der Waals surface area contributed by atoms with Crippen molar-refractivity contribution in [2.24, 2.45) is 5.73 Å². The van der Waals surface area contributed by atoms with Crippen molar-refractivity contribution in [1.29, 1.82) is 0 Å². The lowest BCUT2D eigenvalue weighted by Gasteiger charge is -2.25. The summed E-state index contributed by atoms with van der Waals surface area (Å²) in [5.41, 5.74) is 5.32. The van der Waals surface area contributed by atoms with Gasteiger partial charge in [-0.05, 0) is 33.0 Å². The Kier molecular flexibility index (Phi) is 9.24. The number of primary amides is 1. The minimum atomic E-state index is -0.263. The van der Waals surface area contributed by atoms with E-state index < -0.39 is 0 Å². The van der Waals surface area contributed by atoms with Crippen molar-refractivity contribution in [2.75, 3.05) is 26.7 Å². The van der Waals surface area contributed by atoms with Crippen LogP contribution in [0.25, 0.3) is 0 Å². The molecule has 0 aliphatic carbocycles. The van der Waals surface area contributed by atoms with E-state index in [9.17, 15) is 4.79 Å². The number of hydrogen-bond donors (Lipinski definition) is 2. The van der Waals surface area contributed by atoms with Crippen LogP contribution in [0.3, 0.4) is 0 Å². The Morgan fingerprint density at radius 2 is 1.75 bits per heavy atom. The zero-order valence-corrected chi connectivity index (χ0v) is 11.0. The molecule has 4 heteroatoms. The number of unbranched alkanes of at least 4 members (excludes halogenated alkanes) is 2. The van der Waals surface area contributed by atoms with Crippen LogP contribution >= 0.6 is 0 Å². The first-order valence-electron chi connectivity index (χ1n) is 6.34. The number of carbonyl (C=O) groups is 1. The van der Waals surface area contributed by atoms with Gasteiger partial charge in [0.2, 0.25) is 5.91 Å². The van der Waals surface area contributed by atoms with Crippen LogP contribution in [0.1, 0.15) is 39.5 Å². The molecule has 0 bridgehead atoms. The van der Waals surface area contributed by atoms with Gasteiger partial charge < -0.3 is 16.0 Å². The number of carbonyl (C=O) groups excluding carboxylic acids is 1. The Balaban J connectivity index is 4.09. The van der Waals surface area contributed by atoms with E-state index in [1.165, 1.54) is 25.7 Å². The molecule has 0 spiro atoms. The van der Waals surface area contributed by atoms with Gasteiger partial charge in [-0.3, -0.25) is 4.79 Å². The second-order valence-electron chi connectivity index (χ2n) is 4.25. The molecule has 0 rings (SSSR count). The summed E-state index contributed by atoms with van der Waals surface area (Å²) in [5.74, 6) is -0.263. The SMILES string of the molecule is CCCCN(CCCC)CC(NC)C(N)=O. The van der Waals surface area contributed by atoms with E-state index in [-0.39, 0.29) is 11.9 Å². The van der Waals surface area contributed by atoms with Gasteiger partial charge in [0, 0.05) is 6.54 Å². The highest BCUT2D eigenvalue weighted by molar-refractivity contribution is 5.80. The standard InChI is InChI=1S/C12H27N3O/c1-4-6-8-15(9-7-5-2)10-11(14-3)12(13)16/h11,14H,4-10H2,1-3H3,(H2,13,16). The quantitative estimate of drug-likeness (QED) is 0.586. The fraction of sp³-hybridized carbons (Fsp3) is 0.917. The summed E-state index contributed by atoms with van der Waals surface area (Å²) < 4.78 is 0. The molecule has 16 heavy (non-hydrogen) atoms. The van der Waals surface area contributed by atoms with Crippen molar-refractivity contribution in [1.82, 2.24) is 10.2 Å². The molecule has 96 valence electrons. The van der Waals surface area contributed by atoms with E-state index in [0.717, 1.165) is 19.6 Å². The molecule has 0 aliphatic heterocycles. The van der Waals surface area contributed by atoms with E-state index in [1.807, 2.05) is 0 Å². The van der Waals surface area contributed by atoms with Gasteiger partial charge in [-0.25, -0.2) is 0 Å². The minimum Gasteiger partial charge on any atom is -0.368 e. The molecule has 0 aromatic rings. The van der Waals surface area contributed by atoms with Crippen molar-refractivity contribution in [2.45, 2.75) is 45.6 Å². The second-order valence-corrected chi connectivity index (χ2v) is 4.25. The first-order chi connectivity index (χ1) is 7.65. The average Bonchev–Trinajstić information content (AvgIpc) is 2.27. The van der Waals surface area contributed by atoms with E-state index in [0.29, 0.717) is 0 Å². The summed E-state index contributed by atoms with van der Waals surface area (Å²) in [6, 6.07) is -0.228. The predicted octanol–water partition coefficient (Wildman–Crippen LogP) is 0.962. The Morgan fingerprint density at radius 1 is 1.25 bits per heavy atom. The van der Waals surface area contributed by atoms with Crippen molar-refractivity contribution < 1.29 is 4.79 Å². The maximum atomic E-state index is 11.1. The van der Waals surface area contributed by atoms with Crippen LogP contribution in [0.5, 0.6) is 0 Å². The molecule has 0 heterocycles. The highest BCUT2D eigenvalue weighted by Gasteiger charge is 2.16. The Labute approximate surface area is 99.6 Å². The maximum Gasteiger partial charge on any atom is 0.235 e. The molecular formula is C12H27N3O. The molecule has 1 unspecified atom stereocenters. The van der Waals surface area contributed by atoms with Crippen LogP contribution in [0, 0.1) is 0 Å². The van der Waals surface area contributed by atoms with E-state index >= 15 is 0 Å². The fourth-order valence-corrected chi connectivity index (χ4v) is 1.64. The van der Waals surface area contributed by atoms with Crippen LogP contribution < -0.4 is 11.1 Å². The molecule has 0 aromatic heterocycles. The van der Waals surface area contributed by atoms with Gasteiger partial charge in [-0.15, -0.1) is 0 Å². The first-order valence-corrected chi connectivity index (χ1v) is 6.34. The number of nitrogens with two attached hydrogens (primary N) is 1. The summed E-state index contributed by atoms with van der Waals surface area (Å²) >= 11 is 0. The van der Waals surface area contributed by atoms with Crippen molar-refractivity contribution in [3.05, 3.63) is 0 Å². The molecule has 0 radical (unpaired) electrons. The summed E-state index contributed by atoms with van der Waals surface area (Å²) in [6.45, 7) is 7.21. The van der Waals surface area contributed by atoms with Crippen LogP contribution in [0.2, 0.25) is 0 Å². The lowest BCUT2D eigenvalue weighted by atomic mass is 10.2. The number of rotatable bonds is 10. The van der Waals surface area contributed by atoms with Gasteiger partial charge in [0.15, 0.2) is 0 Å². The van der Waals surface area contributed by atoms with Crippen molar-refractivity contribution >= 4 is 5.91 Å². The number of nitrogens with one attached hydrogen (secondary N) is 1. The normalized spacial score (nSPS) is 13.0. The monoisotopic (exact) mass is 229 g/mol. The molecular weight excluding hydrogens is 202 g/mol. The molecule has 0 saturated heterocycles. The van der Waals surface area contributed by atoms with Gasteiger partial charge in [-0.1, -0.05) is 26.7 Å². The molecule has 0 aromatic carbocycles. The van der Waals surface area contributed by atoms with Crippen molar-refractivity contribution in [3.8, 4) is 0 Å². The lowest BCUT2D eigenvalue weighted by Crippen LogP contribution is -2.48. The zero-order valence-electron chi connectivity index (χ0n) is 11.0. The van der Waals surface area contributed by atoms with Gasteiger partial charge in [0.1, 0.15) is 0 Å². The Bertz CT molecular complexity index is 177. The molecule has 4 nitrogen and oxygen atoms in total. The van der Waals surface area contributed by atoms with Crippen LogP contribution in [-0.2, 0) is 4.79 Å². The van der Waals surface area contributed by atoms with Gasteiger partial charge in [0.05, 0.1) is 6.04 Å². The van der Waals surface area contributed by atoms with Crippen LogP contribution in [0.15, 0.2) is 0 Å². The highest BCUT2D eigenvalue weighted by Crippen LogP contribution is 2.00. The third-order valence-electron chi connectivity index (χ3n) is 2.79. The number of amides is 1. The minimum absolute atomic E-state index is 0.228. The molecule has 1 amide bonds.